The van der Waals surface area contributed by atoms with Crippen molar-refractivity contribution in [2.24, 2.45) is 0 Å². The Morgan fingerprint density at radius 3 is 3.00 bits per heavy atom. The van der Waals surface area contributed by atoms with Gasteiger partial charge < -0.3 is 5.73 Å². The Hall–Kier alpha value is -0.380. The van der Waals surface area contributed by atoms with E-state index in [1.54, 1.807) is 11.3 Å². The van der Waals surface area contributed by atoms with Crippen LogP contribution in [0, 0.1) is 0 Å². The molecule has 0 amide bonds. The molecule has 12 heavy (non-hydrogen) atoms. The van der Waals surface area contributed by atoms with Crippen LogP contribution in [0.3, 0.4) is 0 Å². The maximum atomic E-state index is 5.92. The van der Waals surface area contributed by atoms with Gasteiger partial charge in [0.2, 0.25) is 0 Å². The van der Waals surface area contributed by atoms with Gasteiger partial charge in [-0.05, 0) is 17.5 Å². The fourth-order valence-corrected chi connectivity index (χ4v) is 2.49. The Kier molecular flexibility index (Phi) is 1.94. The molecule has 2 aromatic rings. The summed E-state index contributed by atoms with van der Waals surface area (Å²) in [6.45, 7) is 0. The van der Waals surface area contributed by atoms with Crippen LogP contribution < -0.4 is 5.73 Å². The summed E-state index contributed by atoms with van der Waals surface area (Å²) in [6, 6.07) is 3.87. The van der Waals surface area contributed by atoms with E-state index < -0.39 is 0 Å². The number of hydrogen-bond donors (Lipinski definition) is 2. The van der Waals surface area contributed by atoms with Crippen LogP contribution in [0.15, 0.2) is 22.4 Å². The third-order valence-electron chi connectivity index (χ3n) is 1.70. The van der Waals surface area contributed by atoms with Crippen molar-refractivity contribution in [2.45, 2.75) is 4.90 Å². The maximum absolute atomic E-state index is 5.92. The summed E-state index contributed by atoms with van der Waals surface area (Å²) in [5.41, 5.74) is 6.27. The third-order valence-corrected chi connectivity index (χ3v) is 3.57. The second-order valence-corrected chi connectivity index (χ2v) is 4.23. The maximum Gasteiger partial charge on any atom is 0.0775 e. The summed E-state index contributed by atoms with van der Waals surface area (Å²) < 4.78 is 1.13. The van der Waals surface area contributed by atoms with E-state index in [0.717, 1.165) is 15.0 Å². The number of halogens is 1. The first-order valence-electron chi connectivity index (χ1n) is 3.34. The zero-order valence-electron chi connectivity index (χ0n) is 6.04. The average Bonchev–Trinajstić information content (AvgIpc) is 2.48. The fraction of sp³-hybridized carbons (Fsp3) is 0. The van der Waals surface area contributed by atoms with Gasteiger partial charge in [-0.1, -0.05) is 11.6 Å². The first-order chi connectivity index (χ1) is 5.70. The van der Waals surface area contributed by atoms with E-state index in [1.807, 2.05) is 17.5 Å². The number of hydrogen-bond acceptors (Lipinski definition) is 3. The van der Waals surface area contributed by atoms with E-state index in [1.165, 1.54) is 0 Å². The molecule has 0 fully saturated rings. The molecule has 1 aromatic heterocycles. The lowest BCUT2D eigenvalue weighted by Crippen LogP contribution is -1.86. The summed E-state index contributed by atoms with van der Waals surface area (Å²) >= 11 is 11.8. The summed E-state index contributed by atoms with van der Waals surface area (Å²) in [5.74, 6) is 0. The molecular weight excluding hydrogens is 210 g/mol. The number of fused-ring (bicyclic) bond motifs is 1. The number of nitrogens with two attached hydrogens (primary N) is 1. The van der Waals surface area contributed by atoms with E-state index in [-0.39, 0.29) is 0 Å². The van der Waals surface area contributed by atoms with E-state index in [9.17, 15) is 0 Å². The van der Waals surface area contributed by atoms with E-state index in [0.29, 0.717) is 10.7 Å². The topological polar surface area (TPSA) is 26.0 Å². The van der Waals surface area contributed by atoms with E-state index in [2.05, 4.69) is 12.6 Å². The van der Waals surface area contributed by atoms with Crippen LogP contribution in [-0.2, 0) is 0 Å². The molecule has 0 radical (unpaired) electrons. The highest BCUT2D eigenvalue weighted by Crippen LogP contribution is 2.36. The standard InChI is InChI=1S/C8H6ClNS2/c9-7-5(10)3-6-4(8(7)11)1-2-12-6/h1-3,11H,10H2. The molecule has 0 atom stereocenters. The highest BCUT2D eigenvalue weighted by molar-refractivity contribution is 7.80. The molecule has 1 aromatic carbocycles. The number of benzene rings is 1. The van der Waals surface area contributed by atoms with Crippen molar-refractivity contribution in [1.29, 1.82) is 0 Å². The summed E-state index contributed by atoms with van der Waals surface area (Å²) in [5, 5.41) is 3.62. The van der Waals surface area contributed by atoms with Gasteiger partial charge in [-0.2, -0.15) is 0 Å². The quantitative estimate of drug-likeness (QED) is 0.511. The molecule has 0 aliphatic heterocycles. The van der Waals surface area contributed by atoms with Crippen molar-refractivity contribution in [3.05, 3.63) is 22.5 Å². The van der Waals surface area contributed by atoms with Crippen LogP contribution in [-0.4, -0.2) is 0 Å². The number of thiol groups is 1. The minimum absolute atomic E-state index is 0.546. The van der Waals surface area contributed by atoms with Crippen molar-refractivity contribution in [1.82, 2.24) is 0 Å². The van der Waals surface area contributed by atoms with Crippen molar-refractivity contribution in [2.75, 3.05) is 5.73 Å². The molecule has 1 nitrogen and oxygen atoms in total. The van der Waals surface area contributed by atoms with Crippen LogP contribution in [0.4, 0.5) is 5.69 Å². The average molecular weight is 216 g/mol. The Morgan fingerprint density at radius 1 is 1.50 bits per heavy atom. The normalized spacial score (nSPS) is 10.8. The van der Waals surface area contributed by atoms with Gasteiger partial charge in [0.25, 0.3) is 0 Å². The zero-order valence-corrected chi connectivity index (χ0v) is 8.51. The minimum atomic E-state index is 0.546. The van der Waals surface area contributed by atoms with Crippen LogP contribution in [0.5, 0.6) is 0 Å². The van der Waals surface area contributed by atoms with Crippen molar-refractivity contribution >= 4 is 51.3 Å². The largest absolute Gasteiger partial charge is 0.397 e. The predicted molar refractivity (Wildman–Crippen MR) is 58.5 cm³/mol. The van der Waals surface area contributed by atoms with Crippen molar-refractivity contribution in [3.8, 4) is 0 Å². The molecule has 62 valence electrons. The van der Waals surface area contributed by atoms with E-state index in [4.69, 9.17) is 17.3 Å². The van der Waals surface area contributed by atoms with Gasteiger partial charge >= 0.3 is 0 Å². The summed E-state index contributed by atoms with van der Waals surface area (Å²) in [6.07, 6.45) is 0. The molecule has 0 bridgehead atoms. The second-order valence-electron chi connectivity index (χ2n) is 2.46. The Morgan fingerprint density at radius 2 is 2.25 bits per heavy atom. The molecule has 2 N–H and O–H groups in total. The van der Waals surface area contributed by atoms with Gasteiger partial charge in [-0.15, -0.1) is 24.0 Å². The molecular formula is C8H6ClNS2. The lowest BCUT2D eigenvalue weighted by atomic mass is 10.2. The lowest BCUT2D eigenvalue weighted by Gasteiger charge is -2.02. The molecule has 2 rings (SSSR count). The highest BCUT2D eigenvalue weighted by atomic mass is 35.5. The fourth-order valence-electron chi connectivity index (χ4n) is 1.09. The Labute approximate surface area is 84.6 Å². The Bertz CT molecular complexity index is 436. The van der Waals surface area contributed by atoms with Gasteiger partial charge in [0.1, 0.15) is 0 Å². The number of thiophene rings is 1. The van der Waals surface area contributed by atoms with Gasteiger partial charge in [0.05, 0.1) is 10.7 Å². The molecule has 0 aliphatic carbocycles. The Balaban J connectivity index is 2.94. The zero-order chi connectivity index (χ0) is 8.72. The molecule has 0 saturated heterocycles. The summed E-state index contributed by atoms with van der Waals surface area (Å²) in [4.78, 5) is 0.771. The van der Waals surface area contributed by atoms with Crippen LogP contribution >= 0.6 is 35.6 Å². The number of rotatable bonds is 0. The smallest absolute Gasteiger partial charge is 0.0775 e. The van der Waals surface area contributed by atoms with Gasteiger partial charge in [-0.25, -0.2) is 0 Å². The van der Waals surface area contributed by atoms with Crippen LogP contribution in [0.2, 0.25) is 5.02 Å². The molecule has 1 heterocycles. The third kappa shape index (κ3) is 1.09. The molecule has 0 spiro atoms. The molecule has 0 aliphatic rings. The summed E-state index contributed by atoms with van der Waals surface area (Å²) in [7, 11) is 0. The first kappa shape index (κ1) is 8.23. The lowest BCUT2D eigenvalue weighted by molar-refractivity contribution is 1.58. The SMILES string of the molecule is Nc1cc2sccc2c(S)c1Cl. The number of nitrogen functional groups attached to an aromatic ring is 1. The molecule has 0 unspecified atom stereocenters. The second kappa shape index (κ2) is 2.83. The van der Waals surface area contributed by atoms with Crippen molar-refractivity contribution in [3.63, 3.8) is 0 Å². The molecule has 4 heteroatoms. The van der Waals surface area contributed by atoms with Crippen LogP contribution in [0.25, 0.3) is 10.1 Å². The molecule has 0 saturated carbocycles. The monoisotopic (exact) mass is 215 g/mol. The van der Waals surface area contributed by atoms with Crippen molar-refractivity contribution < 1.29 is 0 Å². The van der Waals surface area contributed by atoms with Gasteiger partial charge in [0, 0.05) is 15.0 Å². The van der Waals surface area contributed by atoms with Gasteiger partial charge in [-0.3, -0.25) is 0 Å². The minimum Gasteiger partial charge on any atom is -0.397 e. The first-order valence-corrected chi connectivity index (χ1v) is 5.05. The van der Waals surface area contributed by atoms with E-state index >= 15 is 0 Å². The highest BCUT2D eigenvalue weighted by Gasteiger charge is 2.06. The number of anilines is 1. The predicted octanol–water partition coefficient (Wildman–Crippen LogP) is 3.43. The van der Waals surface area contributed by atoms with Gasteiger partial charge in [0.15, 0.2) is 0 Å². The van der Waals surface area contributed by atoms with Crippen LogP contribution in [0.1, 0.15) is 0 Å².